The van der Waals surface area contributed by atoms with Gasteiger partial charge in [0.25, 0.3) is 5.69 Å². The molecule has 0 aromatic heterocycles. The number of hydrogen-bond acceptors (Lipinski definition) is 4. The van der Waals surface area contributed by atoms with E-state index in [1.54, 1.807) is 0 Å². The van der Waals surface area contributed by atoms with Crippen molar-refractivity contribution in [2.75, 3.05) is 5.32 Å². The third kappa shape index (κ3) is 2.60. The summed E-state index contributed by atoms with van der Waals surface area (Å²) in [6.45, 7) is 1.31. The molecule has 0 fully saturated rings. The van der Waals surface area contributed by atoms with Crippen LogP contribution in [0, 0.1) is 10.1 Å². The van der Waals surface area contributed by atoms with E-state index in [9.17, 15) is 19.7 Å². The molecule has 0 unspecified atom stereocenters. The van der Waals surface area contributed by atoms with Crippen molar-refractivity contribution in [3.8, 4) is 0 Å². The molecule has 0 spiro atoms. The standard InChI is InChI=1S/C9H8N2O4/c1-6(13)10-8-2-3-9(11(14)15)7(4-8)5-12/h2-5H,1H3,(H,10,13). The molecule has 0 radical (unpaired) electrons. The molecular weight excluding hydrogens is 200 g/mol. The Morgan fingerprint density at radius 1 is 1.53 bits per heavy atom. The Bertz CT molecular complexity index is 428. The molecule has 0 atom stereocenters. The SMILES string of the molecule is CC(=O)Nc1ccc([N+](=O)[O-])c(C=O)c1. The third-order valence-electron chi connectivity index (χ3n) is 1.67. The Balaban J connectivity index is 3.13. The van der Waals surface area contributed by atoms with Gasteiger partial charge in [-0.25, -0.2) is 0 Å². The topological polar surface area (TPSA) is 89.3 Å². The molecule has 6 heteroatoms. The number of amides is 1. The van der Waals surface area contributed by atoms with Crippen LogP contribution in [0.2, 0.25) is 0 Å². The highest BCUT2D eigenvalue weighted by Crippen LogP contribution is 2.20. The molecular formula is C9H8N2O4. The molecule has 1 N–H and O–H groups in total. The zero-order valence-electron chi connectivity index (χ0n) is 7.89. The predicted octanol–water partition coefficient (Wildman–Crippen LogP) is 1.37. The summed E-state index contributed by atoms with van der Waals surface area (Å²) in [5.74, 6) is -0.305. The summed E-state index contributed by atoms with van der Waals surface area (Å²) in [5.41, 5.74) is 0.0144. The van der Waals surface area contributed by atoms with Crippen LogP contribution in [0.5, 0.6) is 0 Å². The number of nitro groups is 1. The first-order chi connectivity index (χ1) is 7.04. The van der Waals surface area contributed by atoms with Gasteiger partial charge in [-0.05, 0) is 12.1 Å². The lowest BCUT2D eigenvalue weighted by molar-refractivity contribution is -0.385. The van der Waals surface area contributed by atoms with Crippen LogP contribution in [0.4, 0.5) is 11.4 Å². The second-order valence-corrected chi connectivity index (χ2v) is 2.83. The van der Waals surface area contributed by atoms with E-state index in [0.717, 1.165) is 0 Å². The van der Waals surface area contributed by atoms with E-state index in [4.69, 9.17) is 0 Å². The first-order valence-corrected chi connectivity index (χ1v) is 4.06. The molecule has 78 valence electrons. The fourth-order valence-corrected chi connectivity index (χ4v) is 1.10. The van der Waals surface area contributed by atoms with Crippen LogP contribution in [-0.4, -0.2) is 17.1 Å². The number of hydrogen-bond donors (Lipinski definition) is 1. The number of carbonyl (C=O) groups excluding carboxylic acids is 2. The van der Waals surface area contributed by atoms with E-state index in [1.165, 1.54) is 25.1 Å². The van der Waals surface area contributed by atoms with Crippen LogP contribution in [-0.2, 0) is 4.79 Å². The maximum Gasteiger partial charge on any atom is 0.280 e. The molecule has 0 bridgehead atoms. The molecule has 1 rings (SSSR count). The third-order valence-corrected chi connectivity index (χ3v) is 1.67. The van der Waals surface area contributed by atoms with Gasteiger partial charge in [-0.2, -0.15) is 0 Å². The van der Waals surface area contributed by atoms with Crippen LogP contribution in [0.25, 0.3) is 0 Å². The smallest absolute Gasteiger partial charge is 0.280 e. The Morgan fingerprint density at radius 2 is 2.20 bits per heavy atom. The summed E-state index contributed by atoms with van der Waals surface area (Å²) >= 11 is 0. The Kier molecular flexibility index (Phi) is 3.12. The van der Waals surface area contributed by atoms with Gasteiger partial charge in [-0.15, -0.1) is 0 Å². The monoisotopic (exact) mass is 208 g/mol. The van der Waals surface area contributed by atoms with Crippen molar-refractivity contribution < 1.29 is 14.5 Å². The van der Waals surface area contributed by atoms with Crippen molar-refractivity contribution in [1.29, 1.82) is 0 Å². The van der Waals surface area contributed by atoms with Crippen LogP contribution in [0.1, 0.15) is 17.3 Å². The summed E-state index contributed by atoms with van der Waals surface area (Å²) in [7, 11) is 0. The van der Waals surface area contributed by atoms with Gasteiger partial charge in [-0.1, -0.05) is 0 Å². The van der Waals surface area contributed by atoms with Gasteiger partial charge in [0, 0.05) is 18.7 Å². The second kappa shape index (κ2) is 4.32. The van der Waals surface area contributed by atoms with Crippen molar-refractivity contribution >= 4 is 23.6 Å². The number of nitrogens with zero attached hydrogens (tertiary/aromatic N) is 1. The molecule has 1 amide bonds. The first kappa shape index (κ1) is 10.8. The Labute approximate surface area is 85.1 Å². The second-order valence-electron chi connectivity index (χ2n) is 2.83. The van der Waals surface area contributed by atoms with Crippen LogP contribution in [0.15, 0.2) is 18.2 Å². The summed E-state index contributed by atoms with van der Waals surface area (Å²) < 4.78 is 0. The molecule has 0 aliphatic carbocycles. The number of carbonyl (C=O) groups is 2. The minimum atomic E-state index is -0.652. The van der Waals surface area contributed by atoms with Gasteiger partial charge in [0.15, 0.2) is 6.29 Å². The van der Waals surface area contributed by atoms with Gasteiger partial charge in [0.1, 0.15) is 0 Å². The Hall–Kier alpha value is -2.24. The van der Waals surface area contributed by atoms with Crippen LogP contribution >= 0.6 is 0 Å². The average Bonchev–Trinajstić information content (AvgIpc) is 2.16. The summed E-state index contributed by atoms with van der Waals surface area (Å²) in [4.78, 5) is 31.1. The fraction of sp³-hybridized carbons (Fsp3) is 0.111. The van der Waals surface area contributed by atoms with Crippen LogP contribution in [0.3, 0.4) is 0 Å². The Morgan fingerprint density at radius 3 is 2.67 bits per heavy atom. The maximum atomic E-state index is 10.7. The summed E-state index contributed by atoms with van der Waals surface area (Å²) in [5, 5.41) is 12.9. The van der Waals surface area contributed by atoms with E-state index in [-0.39, 0.29) is 17.2 Å². The van der Waals surface area contributed by atoms with E-state index >= 15 is 0 Å². The lowest BCUT2D eigenvalue weighted by Gasteiger charge is -2.02. The number of aldehydes is 1. The number of nitrogens with one attached hydrogen (secondary N) is 1. The van der Waals surface area contributed by atoms with Crippen molar-refractivity contribution in [2.24, 2.45) is 0 Å². The van der Waals surface area contributed by atoms with Gasteiger partial charge < -0.3 is 5.32 Å². The van der Waals surface area contributed by atoms with Crippen LogP contribution < -0.4 is 5.32 Å². The van der Waals surface area contributed by atoms with Gasteiger partial charge in [0.05, 0.1) is 10.5 Å². The number of nitro benzene ring substituents is 1. The number of anilines is 1. The van der Waals surface area contributed by atoms with E-state index < -0.39 is 4.92 Å². The maximum absolute atomic E-state index is 10.7. The molecule has 15 heavy (non-hydrogen) atoms. The van der Waals surface area contributed by atoms with Gasteiger partial charge in [-0.3, -0.25) is 19.7 Å². The normalized spacial score (nSPS) is 9.40. The van der Waals surface area contributed by atoms with E-state index in [2.05, 4.69) is 5.32 Å². The number of benzene rings is 1. The summed E-state index contributed by atoms with van der Waals surface area (Å²) in [6, 6.07) is 3.80. The quantitative estimate of drug-likeness (QED) is 0.461. The van der Waals surface area contributed by atoms with Crippen molar-refractivity contribution in [1.82, 2.24) is 0 Å². The van der Waals surface area contributed by atoms with Gasteiger partial charge in [0.2, 0.25) is 5.91 Å². The van der Waals surface area contributed by atoms with Crippen molar-refractivity contribution in [3.05, 3.63) is 33.9 Å². The average molecular weight is 208 g/mol. The molecule has 1 aromatic carbocycles. The molecule has 6 nitrogen and oxygen atoms in total. The fourth-order valence-electron chi connectivity index (χ4n) is 1.10. The minimum Gasteiger partial charge on any atom is -0.326 e. The molecule has 0 saturated carbocycles. The molecule has 0 aliphatic rings. The lowest BCUT2D eigenvalue weighted by atomic mass is 10.2. The highest BCUT2D eigenvalue weighted by atomic mass is 16.6. The number of rotatable bonds is 3. The molecule has 0 heterocycles. The first-order valence-electron chi connectivity index (χ1n) is 4.06. The predicted molar refractivity (Wildman–Crippen MR) is 52.8 cm³/mol. The molecule has 1 aromatic rings. The van der Waals surface area contributed by atoms with Crippen molar-refractivity contribution in [3.63, 3.8) is 0 Å². The molecule has 0 saturated heterocycles. The van der Waals surface area contributed by atoms with E-state index in [1.807, 2.05) is 0 Å². The van der Waals surface area contributed by atoms with Gasteiger partial charge >= 0.3 is 0 Å². The zero-order valence-corrected chi connectivity index (χ0v) is 7.89. The summed E-state index contributed by atoms with van der Waals surface area (Å²) in [6.07, 6.45) is 0.378. The highest BCUT2D eigenvalue weighted by molar-refractivity contribution is 5.91. The zero-order chi connectivity index (χ0) is 11.4. The lowest BCUT2D eigenvalue weighted by Crippen LogP contribution is -2.06. The molecule has 0 aliphatic heterocycles. The largest absolute Gasteiger partial charge is 0.326 e. The van der Waals surface area contributed by atoms with Crippen molar-refractivity contribution in [2.45, 2.75) is 6.92 Å². The van der Waals surface area contributed by atoms with E-state index in [0.29, 0.717) is 12.0 Å². The minimum absolute atomic E-state index is 0.0637. The highest BCUT2D eigenvalue weighted by Gasteiger charge is 2.13.